The largest absolute Gasteiger partial charge is 0.343 e. The predicted molar refractivity (Wildman–Crippen MR) is 65.0 cm³/mol. The number of halogens is 2. The molecule has 96 valence electrons. The van der Waals surface area contributed by atoms with Gasteiger partial charge in [-0.05, 0) is 33.6 Å². The molecule has 1 amide bonds. The van der Waals surface area contributed by atoms with Crippen LogP contribution in [0.2, 0.25) is 0 Å². The number of nitrogens with zero attached hydrogens (tertiary/aromatic N) is 1. The lowest BCUT2D eigenvalue weighted by molar-refractivity contribution is -0.529. The topological polar surface area (TPSA) is 72.2 Å². The Labute approximate surface area is 111 Å². The second-order valence-electron chi connectivity index (χ2n) is 4.11. The molecule has 0 radical (unpaired) electrons. The van der Waals surface area contributed by atoms with E-state index in [1.54, 1.807) is 0 Å². The summed E-state index contributed by atoms with van der Waals surface area (Å²) in [7, 11) is 0. The summed E-state index contributed by atoms with van der Waals surface area (Å²) in [6.07, 6.45) is 0.336. The average molecular weight is 317 g/mol. The molecule has 1 aromatic carbocycles. The molecule has 1 aliphatic heterocycles. The number of carbonyl (C=O) groups excluding carboxylic acids is 1. The van der Waals surface area contributed by atoms with Crippen LogP contribution in [0.3, 0.4) is 0 Å². The van der Waals surface area contributed by atoms with Crippen LogP contribution in [-0.4, -0.2) is 16.9 Å². The molecule has 0 saturated carbocycles. The van der Waals surface area contributed by atoms with Crippen molar-refractivity contribution in [3.8, 4) is 0 Å². The van der Waals surface area contributed by atoms with Crippen molar-refractivity contribution in [2.75, 3.05) is 0 Å². The minimum Gasteiger partial charge on any atom is -0.343 e. The molecule has 2 rings (SSSR count). The lowest BCUT2D eigenvalue weighted by Crippen LogP contribution is -2.45. The Balaban J connectivity index is 2.34. The van der Waals surface area contributed by atoms with Crippen molar-refractivity contribution in [3.63, 3.8) is 0 Å². The highest BCUT2D eigenvalue weighted by molar-refractivity contribution is 9.10. The first-order valence-electron chi connectivity index (χ1n) is 5.37. The lowest BCUT2D eigenvalue weighted by atomic mass is 9.92. The van der Waals surface area contributed by atoms with Crippen LogP contribution < -0.4 is 5.32 Å². The molecule has 0 aromatic heterocycles. The van der Waals surface area contributed by atoms with Crippen LogP contribution in [0.25, 0.3) is 0 Å². The van der Waals surface area contributed by atoms with Gasteiger partial charge in [0.05, 0.1) is 4.47 Å². The summed E-state index contributed by atoms with van der Waals surface area (Å²) in [6, 6.07) is 2.55. The van der Waals surface area contributed by atoms with Crippen LogP contribution >= 0.6 is 15.9 Å². The van der Waals surface area contributed by atoms with E-state index in [1.807, 2.05) is 0 Å². The van der Waals surface area contributed by atoms with E-state index >= 15 is 0 Å². The summed E-state index contributed by atoms with van der Waals surface area (Å²) in [5.41, 5.74) is 0.526. The highest BCUT2D eigenvalue weighted by Crippen LogP contribution is 2.28. The molecule has 7 heteroatoms. The molecule has 1 N–H and O–H groups in total. The fraction of sp³-hybridized carbons (Fsp3) is 0.364. The first-order chi connectivity index (χ1) is 8.49. The molecule has 1 saturated heterocycles. The van der Waals surface area contributed by atoms with Crippen molar-refractivity contribution in [1.29, 1.82) is 0 Å². The van der Waals surface area contributed by atoms with Crippen LogP contribution in [0.4, 0.5) is 4.39 Å². The van der Waals surface area contributed by atoms with Crippen LogP contribution in [0.5, 0.6) is 0 Å². The van der Waals surface area contributed by atoms with Gasteiger partial charge in [0.15, 0.2) is 0 Å². The van der Waals surface area contributed by atoms with Crippen LogP contribution in [-0.2, 0) is 4.79 Å². The standard InChI is InChI=1S/C11H10BrFN2O3/c12-7-5-6(1-2-8(7)13)11-9(15(17)18)3-4-10(16)14-11/h1-2,5,9,11H,3-4H2,(H,14,16)/t9-,11-/m0/s1. The monoisotopic (exact) mass is 316 g/mol. The van der Waals surface area contributed by atoms with Crippen molar-refractivity contribution in [1.82, 2.24) is 5.32 Å². The third kappa shape index (κ3) is 2.50. The smallest absolute Gasteiger partial charge is 0.237 e. The van der Waals surface area contributed by atoms with E-state index in [2.05, 4.69) is 21.2 Å². The van der Waals surface area contributed by atoms with Gasteiger partial charge in [-0.2, -0.15) is 0 Å². The number of carbonyl (C=O) groups is 1. The minimum absolute atomic E-state index is 0.143. The van der Waals surface area contributed by atoms with E-state index in [1.165, 1.54) is 18.2 Å². The third-order valence-electron chi connectivity index (χ3n) is 2.94. The Morgan fingerprint density at radius 3 is 2.83 bits per heavy atom. The molecule has 0 unspecified atom stereocenters. The number of benzene rings is 1. The Bertz CT molecular complexity index is 509. The van der Waals surface area contributed by atoms with Crippen molar-refractivity contribution in [3.05, 3.63) is 44.2 Å². The van der Waals surface area contributed by atoms with Crippen molar-refractivity contribution >= 4 is 21.8 Å². The Kier molecular flexibility index (Phi) is 3.60. The van der Waals surface area contributed by atoms with Gasteiger partial charge in [-0.15, -0.1) is 0 Å². The Morgan fingerprint density at radius 2 is 2.22 bits per heavy atom. The van der Waals surface area contributed by atoms with Gasteiger partial charge in [0.2, 0.25) is 11.9 Å². The SMILES string of the molecule is O=C1CC[C@H]([N+](=O)[O-])[C@H](c2ccc(F)c(Br)c2)N1. The van der Waals surface area contributed by atoms with Gasteiger partial charge in [0, 0.05) is 17.8 Å². The second kappa shape index (κ2) is 5.01. The molecule has 5 nitrogen and oxygen atoms in total. The van der Waals surface area contributed by atoms with Crippen molar-refractivity contribution in [2.24, 2.45) is 0 Å². The number of nitrogens with one attached hydrogen (secondary N) is 1. The van der Waals surface area contributed by atoms with Crippen LogP contribution in [0.15, 0.2) is 22.7 Å². The van der Waals surface area contributed by atoms with Crippen molar-refractivity contribution in [2.45, 2.75) is 24.9 Å². The molecule has 1 aliphatic rings. The summed E-state index contributed by atoms with van der Waals surface area (Å²) in [5.74, 6) is -0.669. The Morgan fingerprint density at radius 1 is 1.50 bits per heavy atom. The number of nitro groups is 1. The summed E-state index contributed by atoms with van der Waals surface area (Å²) in [5, 5.41) is 13.6. The number of piperidine rings is 1. The van der Waals surface area contributed by atoms with Gasteiger partial charge in [-0.3, -0.25) is 14.9 Å². The second-order valence-corrected chi connectivity index (χ2v) is 4.96. The fourth-order valence-corrected chi connectivity index (χ4v) is 2.42. The molecule has 1 heterocycles. The van der Waals surface area contributed by atoms with E-state index in [-0.39, 0.29) is 23.2 Å². The first-order valence-corrected chi connectivity index (χ1v) is 6.16. The van der Waals surface area contributed by atoms with E-state index in [0.29, 0.717) is 5.56 Å². The summed E-state index contributed by atoms with van der Waals surface area (Å²) in [4.78, 5) is 21.9. The quantitative estimate of drug-likeness (QED) is 0.671. The first kappa shape index (κ1) is 12.9. The van der Waals surface area contributed by atoms with E-state index < -0.39 is 22.8 Å². The maximum atomic E-state index is 13.1. The zero-order valence-electron chi connectivity index (χ0n) is 9.23. The van der Waals surface area contributed by atoms with Crippen molar-refractivity contribution < 1.29 is 14.1 Å². The van der Waals surface area contributed by atoms with E-state index in [0.717, 1.165) is 0 Å². The predicted octanol–water partition coefficient (Wildman–Crippen LogP) is 2.18. The maximum absolute atomic E-state index is 13.1. The molecule has 2 atom stereocenters. The van der Waals surface area contributed by atoms with Gasteiger partial charge in [0.25, 0.3) is 0 Å². The molecule has 0 bridgehead atoms. The van der Waals surface area contributed by atoms with E-state index in [4.69, 9.17) is 0 Å². The summed E-state index contributed by atoms with van der Waals surface area (Å²) >= 11 is 3.03. The maximum Gasteiger partial charge on any atom is 0.237 e. The molecule has 1 fully saturated rings. The van der Waals surface area contributed by atoms with Gasteiger partial charge in [0.1, 0.15) is 11.9 Å². The highest BCUT2D eigenvalue weighted by atomic mass is 79.9. The van der Waals surface area contributed by atoms with E-state index in [9.17, 15) is 19.3 Å². The zero-order valence-corrected chi connectivity index (χ0v) is 10.8. The summed E-state index contributed by atoms with van der Waals surface area (Å²) in [6.45, 7) is 0. The molecule has 0 aliphatic carbocycles. The summed E-state index contributed by atoms with van der Waals surface area (Å²) < 4.78 is 13.4. The highest BCUT2D eigenvalue weighted by Gasteiger charge is 2.38. The van der Waals surface area contributed by atoms with Crippen LogP contribution in [0, 0.1) is 15.9 Å². The van der Waals surface area contributed by atoms with Gasteiger partial charge in [-0.1, -0.05) is 6.07 Å². The third-order valence-corrected chi connectivity index (χ3v) is 3.55. The molecular formula is C11H10BrFN2O3. The molecule has 1 aromatic rings. The fourth-order valence-electron chi connectivity index (χ4n) is 2.03. The van der Waals surface area contributed by atoms with Crippen LogP contribution in [0.1, 0.15) is 24.4 Å². The number of rotatable bonds is 2. The number of hydrogen-bond acceptors (Lipinski definition) is 3. The molecule has 18 heavy (non-hydrogen) atoms. The normalized spacial score (nSPS) is 23.6. The Hall–Kier alpha value is -1.50. The number of hydrogen-bond donors (Lipinski definition) is 1. The average Bonchev–Trinajstić information content (AvgIpc) is 2.32. The lowest BCUT2D eigenvalue weighted by Gasteiger charge is -2.26. The van der Waals surface area contributed by atoms with Gasteiger partial charge >= 0.3 is 0 Å². The zero-order chi connectivity index (χ0) is 13.3. The molecule has 0 spiro atoms. The van der Waals surface area contributed by atoms with Gasteiger partial charge in [-0.25, -0.2) is 4.39 Å². The minimum atomic E-state index is -0.875. The molecular weight excluding hydrogens is 307 g/mol. The van der Waals surface area contributed by atoms with Gasteiger partial charge < -0.3 is 5.32 Å². The number of amides is 1.